The summed E-state index contributed by atoms with van der Waals surface area (Å²) in [5.74, 6) is 0.532. The number of rotatable bonds is 3. The number of nitrogens with zero attached hydrogens (tertiary/aromatic N) is 2. The van der Waals surface area contributed by atoms with Crippen molar-refractivity contribution < 1.29 is 9.47 Å². The molecule has 0 aliphatic rings. The molecule has 15 heavy (non-hydrogen) atoms. The first-order valence-electron chi connectivity index (χ1n) is 4.93. The molecule has 1 heterocycles. The summed E-state index contributed by atoms with van der Waals surface area (Å²) >= 11 is 0. The van der Waals surface area contributed by atoms with Crippen LogP contribution >= 0.6 is 0 Å². The maximum atomic E-state index is 5.67. The Bertz CT molecular complexity index is 332. The summed E-state index contributed by atoms with van der Waals surface area (Å²) in [6.07, 6.45) is 0. The molecule has 0 fully saturated rings. The molecule has 0 unspecified atom stereocenters. The molecule has 0 aliphatic heterocycles. The van der Waals surface area contributed by atoms with Crippen LogP contribution in [0.5, 0.6) is 5.88 Å². The average Bonchev–Trinajstić information content (AvgIpc) is 2.14. The minimum atomic E-state index is -0.164. The molecule has 0 saturated carbocycles. The third-order valence-electron chi connectivity index (χ3n) is 1.81. The van der Waals surface area contributed by atoms with Crippen LogP contribution in [0.25, 0.3) is 0 Å². The van der Waals surface area contributed by atoms with Gasteiger partial charge in [0, 0.05) is 5.56 Å². The minimum absolute atomic E-state index is 0.164. The number of hydrogen-bond acceptors (Lipinski definition) is 4. The Morgan fingerprint density at radius 3 is 2.47 bits per heavy atom. The molecule has 4 nitrogen and oxygen atoms in total. The zero-order valence-electron chi connectivity index (χ0n) is 10.00. The third-order valence-corrected chi connectivity index (χ3v) is 1.81. The van der Waals surface area contributed by atoms with Gasteiger partial charge in [0.25, 0.3) is 0 Å². The zero-order valence-corrected chi connectivity index (χ0v) is 10.00. The molecule has 1 rings (SSSR count). The standard InChI is InChI=1S/C11H18N2O2/c1-8-6-9(7-15-11(2,3)4)10(14-5)13-12-8/h6H,7H2,1-5H3. The van der Waals surface area contributed by atoms with Gasteiger partial charge in [-0.3, -0.25) is 0 Å². The van der Waals surface area contributed by atoms with Gasteiger partial charge in [-0.15, -0.1) is 5.10 Å². The van der Waals surface area contributed by atoms with E-state index < -0.39 is 0 Å². The lowest BCUT2D eigenvalue weighted by Crippen LogP contribution is -2.19. The van der Waals surface area contributed by atoms with E-state index in [1.54, 1.807) is 7.11 Å². The second kappa shape index (κ2) is 4.57. The topological polar surface area (TPSA) is 44.2 Å². The van der Waals surface area contributed by atoms with Gasteiger partial charge in [0.2, 0.25) is 5.88 Å². The Hall–Kier alpha value is -1.16. The van der Waals surface area contributed by atoms with Crippen LogP contribution in [0.1, 0.15) is 32.0 Å². The molecule has 0 spiro atoms. The van der Waals surface area contributed by atoms with E-state index in [9.17, 15) is 0 Å². The monoisotopic (exact) mass is 210 g/mol. The number of hydrogen-bond donors (Lipinski definition) is 0. The fraction of sp³-hybridized carbons (Fsp3) is 0.636. The summed E-state index contributed by atoms with van der Waals surface area (Å²) in [4.78, 5) is 0. The molecular weight excluding hydrogens is 192 g/mol. The van der Waals surface area contributed by atoms with Crippen LogP contribution in [-0.4, -0.2) is 22.9 Å². The van der Waals surface area contributed by atoms with Crippen molar-refractivity contribution in [2.75, 3.05) is 7.11 Å². The van der Waals surface area contributed by atoms with Crippen molar-refractivity contribution in [3.05, 3.63) is 17.3 Å². The maximum absolute atomic E-state index is 5.67. The van der Waals surface area contributed by atoms with Gasteiger partial charge in [-0.25, -0.2) is 0 Å². The predicted molar refractivity (Wildman–Crippen MR) is 57.9 cm³/mol. The number of ether oxygens (including phenoxy) is 2. The summed E-state index contributed by atoms with van der Waals surface area (Å²) in [5.41, 5.74) is 1.63. The Morgan fingerprint density at radius 1 is 1.27 bits per heavy atom. The highest BCUT2D eigenvalue weighted by Gasteiger charge is 2.13. The maximum Gasteiger partial charge on any atom is 0.238 e. The molecule has 1 aromatic heterocycles. The van der Waals surface area contributed by atoms with Crippen LogP contribution in [0.2, 0.25) is 0 Å². The normalized spacial score (nSPS) is 11.5. The Balaban J connectivity index is 2.79. The molecule has 0 amide bonds. The van der Waals surface area contributed by atoms with E-state index in [1.165, 1.54) is 0 Å². The lowest BCUT2D eigenvalue weighted by atomic mass is 10.2. The molecule has 0 bridgehead atoms. The molecule has 4 heteroatoms. The van der Waals surface area contributed by atoms with Crippen molar-refractivity contribution in [3.8, 4) is 5.88 Å². The lowest BCUT2D eigenvalue weighted by Gasteiger charge is -2.20. The van der Waals surface area contributed by atoms with E-state index in [4.69, 9.17) is 9.47 Å². The first kappa shape index (κ1) is 11.9. The van der Waals surface area contributed by atoms with Crippen molar-refractivity contribution in [2.24, 2.45) is 0 Å². The fourth-order valence-corrected chi connectivity index (χ4v) is 1.10. The van der Waals surface area contributed by atoms with Gasteiger partial charge in [0.05, 0.1) is 25.0 Å². The summed E-state index contributed by atoms with van der Waals surface area (Å²) < 4.78 is 10.8. The van der Waals surface area contributed by atoms with E-state index in [0.29, 0.717) is 12.5 Å². The van der Waals surface area contributed by atoms with Crippen molar-refractivity contribution in [3.63, 3.8) is 0 Å². The van der Waals surface area contributed by atoms with Crippen LogP contribution in [0.4, 0.5) is 0 Å². The van der Waals surface area contributed by atoms with E-state index in [-0.39, 0.29) is 5.60 Å². The molecule has 0 aromatic carbocycles. The SMILES string of the molecule is COc1nnc(C)cc1COC(C)(C)C. The van der Waals surface area contributed by atoms with Gasteiger partial charge in [0.1, 0.15) is 0 Å². The van der Waals surface area contributed by atoms with Gasteiger partial charge in [-0.05, 0) is 33.8 Å². The predicted octanol–water partition coefficient (Wildman–Crippen LogP) is 2.11. The van der Waals surface area contributed by atoms with Crippen molar-refractivity contribution in [1.29, 1.82) is 0 Å². The van der Waals surface area contributed by atoms with Gasteiger partial charge >= 0.3 is 0 Å². The van der Waals surface area contributed by atoms with E-state index in [2.05, 4.69) is 10.2 Å². The molecule has 0 saturated heterocycles. The van der Waals surface area contributed by atoms with Gasteiger partial charge < -0.3 is 9.47 Å². The first-order chi connectivity index (χ1) is 6.92. The second-order valence-corrected chi connectivity index (χ2v) is 4.42. The molecule has 84 valence electrons. The van der Waals surface area contributed by atoms with Crippen LogP contribution in [0, 0.1) is 6.92 Å². The van der Waals surface area contributed by atoms with Gasteiger partial charge in [0.15, 0.2) is 0 Å². The summed E-state index contributed by atoms with van der Waals surface area (Å²) in [7, 11) is 1.58. The summed E-state index contributed by atoms with van der Waals surface area (Å²) in [6, 6.07) is 1.93. The molecule has 1 aromatic rings. The van der Waals surface area contributed by atoms with E-state index in [0.717, 1.165) is 11.3 Å². The Labute approximate surface area is 90.6 Å². The smallest absolute Gasteiger partial charge is 0.238 e. The van der Waals surface area contributed by atoms with Crippen molar-refractivity contribution in [1.82, 2.24) is 10.2 Å². The molecule has 0 radical (unpaired) electrons. The number of methoxy groups -OCH3 is 1. The van der Waals surface area contributed by atoms with Crippen molar-refractivity contribution in [2.45, 2.75) is 39.9 Å². The molecule has 0 N–H and O–H groups in total. The highest BCUT2D eigenvalue weighted by molar-refractivity contribution is 5.25. The molecular formula is C11H18N2O2. The van der Waals surface area contributed by atoms with Crippen LogP contribution < -0.4 is 4.74 Å². The number of aryl methyl sites for hydroxylation is 1. The second-order valence-electron chi connectivity index (χ2n) is 4.42. The van der Waals surface area contributed by atoms with E-state index in [1.807, 2.05) is 33.8 Å². The summed E-state index contributed by atoms with van der Waals surface area (Å²) in [6.45, 7) is 8.43. The third kappa shape index (κ3) is 3.83. The van der Waals surface area contributed by atoms with Crippen LogP contribution in [0.3, 0.4) is 0 Å². The van der Waals surface area contributed by atoms with E-state index >= 15 is 0 Å². The van der Waals surface area contributed by atoms with Crippen LogP contribution in [-0.2, 0) is 11.3 Å². The molecule has 0 atom stereocenters. The van der Waals surface area contributed by atoms with Crippen molar-refractivity contribution >= 4 is 0 Å². The highest BCUT2D eigenvalue weighted by atomic mass is 16.5. The van der Waals surface area contributed by atoms with Gasteiger partial charge in [-0.2, -0.15) is 5.10 Å². The largest absolute Gasteiger partial charge is 0.480 e. The van der Waals surface area contributed by atoms with Crippen LogP contribution in [0.15, 0.2) is 6.07 Å². The zero-order chi connectivity index (χ0) is 11.5. The highest BCUT2D eigenvalue weighted by Crippen LogP contribution is 2.18. The lowest BCUT2D eigenvalue weighted by molar-refractivity contribution is -0.0159. The van der Waals surface area contributed by atoms with Gasteiger partial charge in [-0.1, -0.05) is 0 Å². The molecule has 0 aliphatic carbocycles. The fourth-order valence-electron chi connectivity index (χ4n) is 1.10. The number of aromatic nitrogens is 2. The first-order valence-corrected chi connectivity index (χ1v) is 4.93. The Kier molecular flexibility index (Phi) is 3.63. The average molecular weight is 210 g/mol. The quantitative estimate of drug-likeness (QED) is 0.766. The Morgan fingerprint density at radius 2 is 1.93 bits per heavy atom. The minimum Gasteiger partial charge on any atom is -0.480 e. The summed E-state index contributed by atoms with van der Waals surface area (Å²) in [5, 5.41) is 7.87.